The van der Waals surface area contributed by atoms with Gasteiger partial charge in [0.2, 0.25) is 0 Å². The predicted molar refractivity (Wildman–Crippen MR) is 35.0 cm³/mol. The molecule has 1 heterocycles. The van der Waals surface area contributed by atoms with Gasteiger partial charge in [-0.05, 0) is 0 Å². The number of ether oxygens (including phenoxy) is 1. The largest absolute Gasteiger partial charge is 0.426 e. The van der Waals surface area contributed by atoms with Crippen LogP contribution in [0.2, 0.25) is 0 Å². The van der Waals surface area contributed by atoms with Gasteiger partial charge in [0.25, 0.3) is 5.60 Å². The molecule has 0 aromatic heterocycles. The molecule has 0 atom stereocenters. The van der Waals surface area contributed by atoms with Crippen LogP contribution in [0.3, 0.4) is 0 Å². The van der Waals surface area contributed by atoms with Crippen molar-refractivity contribution in [3.8, 4) is 0 Å². The van der Waals surface area contributed by atoms with E-state index in [0.717, 1.165) is 0 Å². The summed E-state index contributed by atoms with van der Waals surface area (Å²) in [4.78, 5) is 10.7. The third-order valence-electron chi connectivity index (χ3n) is 2.09. The molecule has 1 aliphatic heterocycles. The van der Waals surface area contributed by atoms with Crippen LogP contribution >= 0.6 is 0 Å². The van der Waals surface area contributed by atoms with Crippen LogP contribution in [0.4, 0.5) is 26.3 Å². The Morgan fingerprint density at radius 1 is 1.07 bits per heavy atom. The molecule has 15 heavy (non-hydrogen) atoms. The average Bonchev–Trinajstić information content (AvgIpc) is 1.99. The molecule has 1 saturated heterocycles. The van der Waals surface area contributed by atoms with Crippen LogP contribution in [-0.2, 0) is 9.53 Å². The summed E-state index contributed by atoms with van der Waals surface area (Å²) in [6.45, 7) is -0.863. The summed E-state index contributed by atoms with van der Waals surface area (Å²) in [7, 11) is 0. The fraction of sp³-hybridized carbons (Fsp3) is 0.857. The smallest absolute Gasteiger partial charge is 0.357 e. The third kappa shape index (κ3) is 1.95. The summed E-state index contributed by atoms with van der Waals surface area (Å²) in [5.74, 6) is -1.10. The van der Waals surface area contributed by atoms with Crippen molar-refractivity contribution in [2.24, 2.45) is 0 Å². The summed E-state index contributed by atoms with van der Waals surface area (Å²) in [5, 5.41) is 0. The lowest BCUT2D eigenvalue weighted by Crippen LogP contribution is -2.61. The zero-order chi connectivity index (χ0) is 11.9. The molecule has 1 fully saturated rings. The third-order valence-corrected chi connectivity index (χ3v) is 2.09. The fourth-order valence-corrected chi connectivity index (χ4v) is 1.28. The Hall–Kier alpha value is -0.790. The van der Waals surface area contributed by atoms with Gasteiger partial charge in [0.05, 0.1) is 13.0 Å². The van der Waals surface area contributed by atoms with E-state index in [1.54, 1.807) is 0 Å². The van der Waals surface area contributed by atoms with Crippen LogP contribution in [0, 0.1) is 0 Å². The molecule has 88 valence electrons. The van der Waals surface area contributed by atoms with Crippen LogP contribution in [0.25, 0.3) is 0 Å². The minimum atomic E-state index is -5.64. The molecule has 0 amide bonds. The van der Waals surface area contributed by atoms with Gasteiger partial charge in [-0.15, -0.1) is 0 Å². The Kier molecular flexibility index (Phi) is 2.75. The van der Waals surface area contributed by atoms with Gasteiger partial charge in [-0.3, -0.25) is 4.79 Å². The van der Waals surface area contributed by atoms with Gasteiger partial charge in [-0.2, -0.15) is 26.3 Å². The second kappa shape index (κ2) is 3.36. The monoisotopic (exact) mass is 236 g/mol. The summed E-state index contributed by atoms with van der Waals surface area (Å²) in [5.41, 5.74) is -4.32. The number of Topliss-reactive ketones (excluding diaryl/α,β-unsaturated/α-hetero) is 1. The van der Waals surface area contributed by atoms with E-state index < -0.39 is 43.2 Å². The summed E-state index contributed by atoms with van der Waals surface area (Å²) >= 11 is 0. The standard InChI is InChI=1S/C7H6F6O2/c8-6(9,10)5(7(11,12)13)3-4(14)1-2-15-5/h1-3H2. The highest BCUT2D eigenvalue weighted by atomic mass is 19.4. The number of carbonyl (C=O) groups excluding carboxylic acids is 1. The molecule has 8 heteroatoms. The molecule has 0 spiro atoms. The van der Waals surface area contributed by atoms with Crippen molar-refractivity contribution in [2.75, 3.05) is 6.61 Å². The van der Waals surface area contributed by atoms with Gasteiger partial charge in [0.15, 0.2) is 0 Å². The second-order valence-electron chi connectivity index (χ2n) is 3.14. The van der Waals surface area contributed by atoms with Crippen molar-refractivity contribution >= 4 is 5.78 Å². The average molecular weight is 236 g/mol. The van der Waals surface area contributed by atoms with Gasteiger partial charge in [0, 0.05) is 6.42 Å². The molecule has 0 N–H and O–H groups in total. The first kappa shape index (κ1) is 12.3. The molecule has 1 rings (SSSR count). The number of carbonyl (C=O) groups is 1. The van der Waals surface area contributed by atoms with E-state index >= 15 is 0 Å². The number of hydrogen-bond donors (Lipinski definition) is 0. The summed E-state index contributed by atoms with van der Waals surface area (Å²) in [6.07, 6.45) is -13.4. The quantitative estimate of drug-likeness (QED) is 0.603. The van der Waals surface area contributed by atoms with E-state index in [4.69, 9.17) is 0 Å². The van der Waals surface area contributed by atoms with Gasteiger partial charge < -0.3 is 4.74 Å². The highest BCUT2D eigenvalue weighted by Crippen LogP contribution is 2.49. The number of hydrogen-bond acceptors (Lipinski definition) is 2. The molecule has 0 aliphatic carbocycles. The second-order valence-corrected chi connectivity index (χ2v) is 3.14. The summed E-state index contributed by atoms with van der Waals surface area (Å²) < 4.78 is 77.4. The van der Waals surface area contributed by atoms with E-state index in [-0.39, 0.29) is 0 Å². The highest BCUT2D eigenvalue weighted by molar-refractivity contribution is 5.80. The maximum absolute atomic E-state index is 12.3. The molecule has 1 aliphatic rings. The van der Waals surface area contributed by atoms with E-state index in [0.29, 0.717) is 0 Å². The van der Waals surface area contributed by atoms with Gasteiger partial charge in [0.1, 0.15) is 5.78 Å². The van der Waals surface area contributed by atoms with Crippen molar-refractivity contribution in [3.63, 3.8) is 0 Å². The molecule has 0 aromatic rings. The van der Waals surface area contributed by atoms with Gasteiger partial charge in [-0.25, -0.2) is 0 Å². The maximum atomic E-state index is 12.3. The maximum Gasteiger partial charge on any atom is 0.426 e. The molecule has 0 bridgehead atoms. The lowest BCUT2D eigenvalue weighted by Gasteiger charge is -2.38. The lowest BCUT2D eigenvalue weighted by molar-refractivity contribution is -0.383. The van der Waals surface area contributed by atoms with Crippen molar-refractivity contribution < 1.29 is 35.9 Å². The van der Waals surface area contributed by atoms with E-state index in [2.05, 4.69) is 4.74 Å². The van der Waals surface area contributed by atoms with Crippen LogP contribution in [0.1, 0.15) is 12.8 Å². The molecule has 0 radical (unpaired) electrons. The Morgan fingerprint density at radius 3 is 1.80 bits per heavy atom. The van der Waals surface area contributed by atoms with E-state index in [1.165, 1.54) is 0 Å². The van der Waals surface area contributed by atoms with Crippen molar-refractivity contribution in [1.82, 2.24) is 0 Å². The Balaban J connectivity index is 3.13. The van der Waals surface area contributed by atoms with Crippen LogP contribution in [0.15, 0.2) is 0 Å². The Morgan fingerprint density at radius 2 is 1.53 bits per heavy atom. The van der Waals surface area contributed by atoms with Gasteiger partial charge >= 0.3 is 12.4 Å². The van der Waals surface area contributed by atoms with E-state index in [1.807, 2.05) is 0 Å². The molecule has 0 aromatic carbocycles. The predicted octanol–water partition coefficient (Wildman–Crippen LogP) is 2.23. The zero-order valence-electron chi connectivity index (χ0n) is 7.21. The first-order chi connectivity index (χ1) is 6.60. The SMILES string of the molecule is O=C1CCOC(C(F)(F)F)(C(F)(F)F)C1. The van der Waals surface area contributed by atoms with Crippen LogP contribution < -0.4 is 0 Å². The Bertz CT molecular complexity index is 252. The molecular weight excluding hydrogens is 230 g/mol. The van der Waals surface area contributed by atoms with Gasteiger partial charge in [-0.1, -0.05) is 0 Å². The first-order valence-corrected chi connectivity index (χ1v) is 3.89. The topological polar surface area (TPSA) is 26.3 Å². The van der Waals surface area contributed by atoms with Crippen molar-refractivity contribution in [1.29, 1.82) is 0 Å². The lowest BCUT2D eigenvalue weighted by atomic mass is 9.91. The number of ketones is 1. The zero-order valence-corrected chi connectivity index (χ0v) is 7.21. The molecule has 0 saturated carbocycles. The minimum absolute atomic E-state index is 0.423. The van der Waals surface area contributed by atoms with Crippen LogP contribution in [0.5, 0.6) is 0 Å². The molecule has 0 unspecified atom stereocenters. The summed E-state index contributed by atoms with van der Waals surface area (Å²) in [6, 6.07) is 0. The Labute approximate surface area is 80.2 Å². The van der Waals surface area contributed by atoms with E-state index in [9.17, 15) is 31.1 Å². The van der Waals surface area contributed by atoms with Crippen LogP contribution in [-0.4, -0.2) is 30.3 Å². The molecular formula is C7H6F6O2. The normalized spacial score (nSPS) is 22.9. The number of halogens is 6. The van der Waals surface area contributed by atoms with Crippen molar-refractivity contribution in [3.05, 3.63) is 0 Å². The first-order valence-electron chi connectivity index (χ1n) is 3.89. The van der Waals surface area contributed by atoms with Crippen molar-refractivity contribution in [2.45, 2.75) is 30.8 Å². The number of rotatable bonds is 0. The minimum Gasteiger partial charge on any atom is -0.357 e. The highest BCUT2D eigenvalue weighted by Gasteiger charge is 2.73. The fourth-order valence-electron chi connectivity index (χ4n) is 1.28. The molecule has 2 nitrogen and oxygen atoms in total. The number of alkyl halides is 6.